The van der Waals surface area contributed by atoms with Crippen molar-refractivity contribution in [3.63, 3.8) is 0 Å². The molecule has 1 aromatic heterocycles. The number of nitrogens with one attached hydrogen (secondary N) is 3. The zero-order valence-electron chi connectivity index (χ0n) is 10.8. The third-order valence-corrected chi connectivity index (χ3v) is 2.88. The molecule has 6 nitrogen and oxygen atoms in total. The molecule has 102 valence electrons. The highest BCUT2D eigenvalue weighted by atomic mass is 16.2. The molecule has 0 aliphatic heterocycles. The van der Waals surface area contributed by atoms with Crippen LogP contribution in [0.5, 0.6) is 0 Å². The van der Waals surface area contributed by atoms with E-state index in [4.69, 9.17) is 0 Å². The van der Waals surface area contributed by atoms with Gasteiger partial charge in [0.2, 0.25) is 5.91 Å². The molecule has 0 radical (unpaired) electrons. The number of carbonyl (C=O) groups is 2. The van der Waals surface area contributed by atoms with Gasteiger partial charge in [-0.3, -0.25) is 14.4 Å². The highest BCUT2D eigenvalue weighted by Crippen LogP contribution is 2.18. The van der Waals surface area contributed by atoms with Crippen molar-refractivity contribution >= 4 is 11.8 Å². The van der Waals surface area contributed by atoms with Gasteiger partial charge >= 0.3 is 0 Å². The Labute approximate surface area is 110 Å². The van der Waals surface area contributed by atoms with Crippen LogP contribution in [0.4, 0.5) is 0 Å². The molecule has 1 heterocycles. The van der Waals surface area contributed by atoms with Crippen molar-refractivity contribution in [2.75, 3.05) is 6.54 Å². The van der Waals surface area contributed by atoms with Crippen LogP contribution in [-0.2, 0) is 4.79 Å². The van der Waals surface area contributed by atoms with E-state index in [-0.39, 0.29) is 29.9 Å². The van der Waals surface area contributed by atoms with E-state index >= 15 is 0 Å². The Morgan fingerprint density at radius 3 is 2.79 bits per heavy atom. The minimum absolute atomic E-state index is 0.0631. The average Bonchev–Trinajstić information content (AvgIpc) is 3.12. The maximum Gasteiger partial charge on any atom is 0.256 e. The summed E-state index contributed by atoms with van der Waals surface area (Å²) >= 11 is 0. The number of hydrogen-bond acceptors (Lipinski definition) is 3. The number of aromatic amines is 1. The first kappa shape index (κ1) is 13.3. The molecule has 0 saturated heterocycles. The van der Waals surface area contributed by atoms with Crippen LogP contribution in [0.2, 0.25) is 0 Å². The van der Waals surface area contributed by atoms with Crippen LogP contribution in [0, 0.1) is 6.92 Å². The van der Waals surface area contributed by atoms with Gasteiger partial charge in [0.05, 0.1) is 0 Å². The Bertz CT molecular complexity index is 546. The standard InChI is InChI=1S/C13H17N3O3/c1-8-6-11(17)10(7-15-8)13(19)14-5-4-12(18)16-9-2-3-9/h6-7,9H,2-5H2,1H3,(H,14,19)(H,15,17)(H,16,18). The molecular formula is C13H17N3O3. The number of aromatic nitrogens is 1. The first-order valence-corrected chi connectivity index (χ1v) is 6.33. The first-order valence-electron chi connectivity index (χ1n) is 6.33. The minimum atomic E-state index is -0.458. The van der Waals surface area contributed by atoms with Crippen molar-refractivity contribution in [2.24, 2.45) is 0 Å². The second-order valence-corrected chi connectivity index (χ2v) is 4.74. The van der Waals surface area contributed by atoms with E-state index in [1.165, 1.54) is 12.3 Å². The SMILES string of the molecule is Cc1cc(=O)c(C(=O)NCCC(=O)NC2CC2)c[nH]1. The number of rotatable bonds is 5. The van der Waals surface area contributed by atoms with Gasteiger partial charge in [0, 0.05) is 37.0 Å². The van der Waals surface area contributed by atoms with Crippen LogP contribution >= 0.6 is 0 Å². The molecule has 0 bridgehead atoms. The molecule has 2 rings (SSSR count). The van der Waals surface area contributed by atoms with Crippen molar-refractivity contribution in [2.45, 2.75) is 32.2 Å². The topological polar surface area (TPSA) is 91.1 Å². The van der Waals surface area contributed by atoms with Crippen molar-refractivity contribution in [1.82, 2.24) is 15.6 Å². The fourth-order valence-electron chi connectivity index (χ4n) is 1.66. The van der Waals surface area contributed by atoms with Crippen LogP contribution in [0.25, 0.3) is 0 Å². The van der Waals surface area contributed by atoms with E-state index in [2.05, 4.69) is 15.6 Å². The number of pyridine rings is 1. The van der Waals surface area contributed by atoms with Gasteiger partial charge in [-0.15, -0.1) is 0 Å². The quantitative estimate of drug-likeness (QED) is 0.702. The Morgan fingerprint density at radius 1 is 1.42 bits per heavy atom. The van der Waals surface area contributed by atoms with Crippen LogP contribution in [0.3, 0.4) is 0 Å². The molecule has 1 fully saturated rings. The third-order valence-electron chi connectivity index (χ3n) is 2.88. The fraction of sp³-hybridized carbons (Fsp3) is 0.462. The minimum Gasteiger partial charge on any atom is -0.364 e. The van der Waals surface area contributed by atoms with Crippen molar-refractivity contribution in [1.29, 1.82) is 0 Å². The number of H-pyrrole nitrogens is 1. The molecule has 0 spiro atoms. The summed E-state index contributed by atoms with van der Waals surface area (Å²) in [6.07, 6.45) is 3.69. The Morgan fingerprint density at radius 2 is 2.16 bits per heavy atom. The summed E-state index contributed by atoms with van der Waals surface area (Å²) in [6.45, 7) is 1.97. The monoisotopic (exact) mass is 263 g/mol. The Hall–Kier alpha value is -2.11. The normalized spacial score (nSPS) is 13.9. The van der Waals surface area contributed by atoms with E-state index in [0.717, 1.165) is 12.8 Å². The maximum atomic E-state index is 11.7. The van der Waals surface area contributed by atoms with Gasteiger partial charge in [-0.25, -0.2) is 0 Å². The molecule has 0 atom stereocenters. The first-order chi connectivity index (χ1) is 9.06. The lowest BCUT2D eigenvalue weighted by atomic mass is 10.2. The fourth-order valence-corrected chi connectivity index (χ4v) is 1.66. The molecule has 1 aliphatic carbocycles. The lowest BCUT2D eigenvalue weighted by molar-refractivity contribution is -0.121. The van der Waals surface area contributed by atoms with Gasteiger partial charge in [-0.05, 0) is 19.8 Å². The largest absolute Gasteiger partial charge is 0.364 e. The van der Waals surface area contributed by atoms with Gasteiger partial charge in [0.15, 0.2) is 5.43 Å². The highest BCUT2D eigenvalue weighted by Gasteiger charge is 2.22. The molecule has 0 unspecified atom stereocenters. The summed E-state index contributed by atoms with van der Waals surface area (Å²) in [5.74, 6) is -0.527. The lowest BCUT2D eigenvalue weighted by Crippen LogP contribution is -2.33. The van der Waals surface area contributed by atoms with Gasteiger partial charge in [-0.2, -0.15) is 0 Å². The number of carbonyl (C=O) groups excluding carboxylic acids is 2. The number of aryl methyl sites for hydroxylation is 1. The summed E-state index contributed by atoms with van der Waals surface area (Å²) in [4.78, 5) is 37.5. The van der Waals surface area contributed by atoms with Gasteiger partial charge in [0.25, 0.3) is 5.91 Å². The predicted molar refractivity (Wildman–Crippen MR) is 69.9 cm³/mol. The molecule has 1 saturated carbocycles. The van der Waals surface area contributed by atoms with E-state index in [0.29, 0.717) is 11.7 Å². The Kier molecular flexibility index (Phi) is 3.99. The molecule has 6 heteroatoms. The maximum absolute atomic E-state index is 11.7. The Balaban J connectivity index is 1.80. The third kappa shape index (κ3) is 3.94. The van der Waals surface area contributed by atoms with Crippen molar-refractivity contribution < 1.29 is 9.59 Å². The van der Waals surface area contributed by atoms with Crippen LogP contribution in [0.1, 0.15) is 35.3 Å². The second kappa shape index (κ2) is 5.69. The van der Waals surface area contributed by atoms with E-state index in [1.807, 2.05) is 0 Å². The number of amides is 2. The highest BCUT2D eigenvalue weighted by molar-refractivity contribution is 5.94. The summed E-state index contributed by atoms with van der Waals surface area (Å²) in [5, 5.41) is 5.39. The van der Waals surface area contributed by atoms with Crippen molar-refractivity contribution in [3.05, 3.63) is 33.7 Å². The smallest absolute Gasteiger partial charge is 0.256 e. The van der Waals surface area contributed by atoms with Crippen LogP contribution < -0.4 is 16.1 Å². The van der Waals surface area contributed by atoms with E-state index in [9.17, 15) is 14.4 Å². The molecule has 2 amide bonds. The lowest BCUT2D eigenvalue weighted by Gasteiger charge is -2.05. The molecule has 0 aromatic carbocycles. The molecule has 3 N–H and O–H groups in total. The van der Waals surface area contributed by atoms with Crippen LogP contribution in [-0.4, -0.2) is 29.4 Å². The summed E-state index contributed by atoms with van der Waals surface area (Å²) in [7, 11) is 0. The van der Waals surface area contributed by atoms with Gasteiger partial charge in [-0.1, -0.05) is 0 Å². The zero-order chi connectivity index (χ0) is 13.8. The van der Waals surface area contributed by atoms with Gasteiger partial charge < -0.3 is 15.6 Å². The van der Waals surface area contributed by atoms with Crippen molar-refractivity contribution in [3.8, 4) is 0 Å². The zero-order valence-corrected chi connectivity index (χ0v) is 10.8. The molecular weight excluding hydrogens is 246 g/mol. The van der Waals surface area contributed by atoms with E-state index in [1.54, 1.807) is 6.92 Å². The van der Waals surface area contributed by atoms with Gasteiger partial charge in [0.1, 0.15) is 5.56 Å². The summed E-state index contributed by atoms with van der Waals surface area (Å²) in [6, 6.07) is 1.69. The molecule has 19 heavy (non-hydrogen) atoms. The molecule has 1 aliphatic rings. The average molecular weight is 263 g/mol. The predicted octanol–water partition coefficient (Wildman–Crippen LogP) is 0.0818. The second-order valence-electron chi connectivity index (χ2n) is 4.74. The molecule has 1 aromatic rings. The van der Waals surface area contributed by atoms with E-state index < -0.39 is 5.91 Å². The number of hydrogen-bond donors (Lipinski definition) is 3. The van der Waals surface area contributed by atoms with Crippen LogP contribution in [0.15, 0.2) is 17.1 Å². The summed E-state index contributed by atoms with van der Waals surface area (Å²) in [5.41, 5.74) is 0.440. The summed E-state index contributed by atoms with van der Waals surface area (Å²) < 4.78 is 0.